The van der Waals surface area contributed by atoms with Crippen molar-refractivity contribution >= 4 is 50.8 Å². The Kier molecular flexibility index (Phi) is 8.63. The molecule has 0 atom stereocenters. The van der Waals surface area contributed by atoms with E-state index in [9.17, 15) is 8.42 Å². The highest BCUT2D eigenvalue weighted by Gasteiger charge is 2.24. The number of para-hydroxylation sites is 2. The lowest BCUT2D eigenvalue weighted by atomic mass is 9.86. The van der Waals surface area contributed by atoms with Crippen LogP contribution in [0.15, 0.2) is 83.8 Å². The fourth-order valence-electron chi connectivity index (χ4n) is 4.62. The van der Waals surface area contributed by atoms with Crippen LogP contribution in [0.2, 0.25) is 0 Å². The van der Waals surface area contributed by atoms with Gasteiger partial charge >= 0.3 is 0 Å². The molecule has 0 radical (unpaired) electrons. The summed E-state index contributed by atoms with van der Waals surface area (Å²) in [6.07, 6.45) is 3.76. The molecule has 7 nitrogen and oxygen atoms in total. The van der Waals surface area contributed by atoms with Crippen molar-refractivity contribution in [2.24, 2.45) is 5.92 Å². The first-order valence-corrected chi connectivity index (χ1v) is 13.9. The number of anilines is 3. The highest BCUT2D eigenvalue weighted by atomic mass is 35.5. The van der Waals surface area contributed by atoms with Gasteiger partial charge in [-0.15, -0.1) is 12.4 Å². The van der Waals surface area contributed by atoms with E-state index in [4.69, 9.17) is 9.97 Å². The quantitative estimate of drug-likeness (QED) is 0.253. The molecule has 5 rings (SSSR count). The number of halogens is 1. The molecule has 1 saturated carbocycles. The number of aryl methyl sites for hydroxylation is 1. The lowest BCUT2D eigenvalue weighted by Crippen LogP contribution is -2.34. The first-order chi connectivity index (χ1) is 17.5. The number of hydrogen-bond acceptors (Lipinski definition) is 6. The third kappa shape index (κ3) is 6.77. The van der Waals surface area contributed by atoms with Gasteiger partial charge in [0.25, 0.3) is 0 Å². The molecule has 3 aromatic carbocycles. The molecule has 1 fully saturated rings. The Labute approximate surface area is 224 Å². The van der Waals surface area contributed by atoms with Crippen molar-refractivity contribution in [1.29, 1.82) is 0 Å². The van der Waals surface area contributed by atoms with Gasteiger partial charge in [-0.1, -0.05) is 48.0 Å². The number of nitrogens with one attached hydrogen (secondary N) is 3. The molecule has 0 saturated heterocycles. The molecule has 1 aliphatic carbocycles. The summed E-state index contributed by atoms with van der Waals surface area (Å²) in [6.45, 7) is 2.40. The molecule has 1 aromatic heterocycles. The van der Waals surface area contributed by atoms with Gasteiger partial charge in [-0.05, 0) is 74.9 Å². The zero-order chi connectivity index (χ0) is 25.0. The Balaban J connectivity index is 0.00000320. The molecule has 3 N–H and O–H groups in total. The van der Waals surface area contributed by atoms with Crippen molar-refractivity contribution in [3.05, 3.63) is 84.4 Å². The van der Waals surface area contributed by atoms with Crippen LogP contribution in [0.1, 0.15) is 31.2 Å². The second-order valence-electron chi connectivity index (χ2n) is 9.43. The lowest BCUT2D eigenvalue weighted by molar-refractivity contribution is 0.336. The summed E-state index contributed by atoms with van der Waals surface area (Å²) >= 11 is 0. The predicted molar refractivity (Wildman–Crippen MR) is 152 cm³/mol. The van der Waals surface area contributed by atoms with E-state index in [1.165, 1.54) is 0 Å². The van der Waals surface area contributed by atoms with Gasteiger partial charge in [0.2, 0.25) is 16.0 Å². The van der Waals surface area contributed by atoms with E-state index in [1.807, 2.05) is 73.7 Å². The van der Waals surface area contributed by atoms with E-state index < -0.39 is 10.0 Å². The topological polar surface area (TPSA) is 96.0 Å². The molecule has 4 aromatic rings. The average Bonchev–Trinajstić information content (AvgIpc) is 2.89. The van der Waals surface area contributed by atoms with Gasteiger partial charge in [-0.2, -0.15) is 4.98 Å². The van der Waals surface area contributed by atoms with Gasteiger partial charge in [0.05, 0.1) is 10.4 Å². The van der Waals surface area contributed by atoms with Gasteiger partial charge < -0.3 is 10.6 Å². The van der Waals surface area contributed by atoms with E-state index in [2.05, 4.69) is 15.4 Å². The molecule has 1 aliphatic rings. The molecule has 1 heterocycles. The van der Waals surface area contributed by atoms with Crippen molar-refractivity contribution in [3.8, 4) is 0 Å². The second kappa shape index (κ2) is 11.9. The zero-order valence-corrected chi connectivity index (χ0v) is 22.4. The Morgan fingerprint density at radius 1 is 0.838 bits per heavy atom. The monoisotopic (exact) mass is 537 g/mol. The Morgan fingerprint density at radius 3 is 2.24 bits per heavy atom. The minimum Gasteiger partial charge on any atom is -0.351 e. The molecule has 9 heteroatoms. The van der Waals surface area contributed by atoms with E-state index in [-0.39, 0.29) is 18.4 Å². The van der Waals surface area contributed by atoms with E-state index >= 15 is 0 Å². The highest BCUT2D eigenvalue weighted by Crippen LogP contribution is 2.29. The smallest absolute Gasteiger partial charge is 0.240 e. The Morgan fingerprint density at radius 2 is 1.51 bits per heavy atom. The summed E-state index contributed by atoms with van der Waals surface area (Å²) in [6, 6.07) is 25.2. The highest BCUT2D eigenvalue weighted by molar-refractivity contribution is 7.89. The molecule has 0 spiro atoms. The van der Waals surface area contributed by atoms with Gasteiger partial charge in [-0.3, -0.25) is 0 Å². The van der Waals surface area contributed by atoms with E-state index in [0.29, 0.717) is 23.3 Å². The largest absolute Gasteiger partial charge is 0.351 e. The van der Waals surface area contributed by atoms with Gasteiger partial charge in [0.1, 0.15) is 5.82 Å². The number of rotatable bonds is 8. The van der Waals surface area contributed by atoms with Crippen molar-refractivity contribution in [1.82, 2.24) is 14.7 Å². The standard InChI is InChI=1S/C28H31N5O2S.ClH/c1-20-11-17-24(18-12-20)36(34,35)29-19-21-13-15-23(16-14-21)31-28-32-26-10-6-5-9-25(26)27(33-28)30-22-7-3-2-4-8-22;/h2-12,17-18,21,23,29H,13-16,19H2,1H3,(H2,30,31,32,33);1H. The third-order valence-corrected chi connectivity index (χ3v) is 8.15. The molecule has 194 valence electrons. The van der Waals surface area contributed by atoms with Gasteiger partial charge in [-0.25, -0.2) is 18.1 Å². The molecule has 0 aliphatic heterocycles. The molecule has 0 amide bonds. The number of benzene rings is 3. The molecule has 0 unspecified atom stereocenters. The minimum absolute atomic E-state index is 0. The third-order valence-electron chi connectivity index (χ3n) is 6.71. The van der Waals surface area contributed by atoms with Crippen molar-refractivity contribution in [2.45, 2.75) is 43.5 Å². The van der Waals surface area contributed by atoms with Gasteiger partial charge in [0, 0.05) is 23.7 Å². The normalized spacial score (nSPS) is 17.6. The fraction of sp³-hybridized carbons (Fsp3) is 0.286. The van der Waals surface area contributed by atoms with Crippen LogP contribution in [0.5, 0.6) is 0 Å². The van der Waals surface area contributed by atoms with E-state index in [1.54, 1.807) is 12.1 Å². The van der Waals surface area contributed by atoms with Crippen LogP contribution in [0.3, 0.4) is 0 Å². The summed E-state index contributed by atoms with van der Waals surface area (Å²) in [5.74, 6) is 1.69. The lowest BCUT2D eigenvalue weighted by Gasteiger charge is -2.29. The summed E-state index contributed by atoms with van der Waals surface area (Å²) in [4.78, 5) is 9.85. The number of aromatic nitrogens is 2. The van der Waals surface area contributed by atoms with Crippen molar-refractivity contribution < 1.29 is 8.42 Å². The van der Waals surface area contributed by atoms with Crippen LogP contribution >= 0.6 is 12.4 Å². The first-order valence-electron chi connectivity index (χ1n) is 12.4. The maximum Gasteiger partial charge on any atom is 0.240 e. The number of fused-ring (bicyclic) bond motifs is 1. The van der Waals surface area contributed by atoms with E-state index in [0.717, 1.165) is 53.7 Å². The Hall–Kier alpha value is -3.20. The van der Waals surface area contributed by atoms with Crippen molar-refractivity contribution in [2.75, 3.05) is 17.2 Å². The van der Waals surface area contributed by atoms with Gasteiger partial charge in [0.15, 0.2) is 0 Å². The van der Waals surface area contributed by atoms with Crippen LogP contribution in [-0.2, 0) is 10.0 Å². The SMILES string of the molecule is Cc1ccc(S(=O)(=O)NCC2CCC(Nc3nc(Nc4ccccc4)c4ccccc4n3)CC2)cc1.Cl. The average molecular weight is 538 g/mol. The molecular weight excluding hydrogens is 506 g/mol. The second-order valence-corrected chi connectivity index (χ2v) is 11.2. The van der Waals surface area contributed by atoms with Crippen LogP contribution in [0.4, 0.5) is 17.5 Å². The summed E-state index contributed by atoms with van der Waals surface area (Å²) in [7, 11) is -3.48. The summed E-state index contributed by atoms with van der Waals surface area (Å²) in [5, 5.41) is 7.91. The molecular formula is C28H32ClN5O2S. The van der Waals surface area contributed by atoms with Crippen molar-refractivity contribution in [3.63, 3.8) is 0 Å². The maximum atomic E-state index is 12.6. The number of sulfonamides is 1. The zero-order valence-electron chi connectivity index (χ0n) is 20.7. The number of nitrogens with zero attached hydrogens (tertiary/aromatic N) is 2. The predicted octanol–water partition coefficient (Wildman–Crippen LogP) is 6.05. The maximum absolute atomic E-state index is 12.6. The van der Waals surface area contributed by atoms with Crippen LogP contribution in [-0.4, -0.2) is 31.0 Å². The number of hydrogen-bond donors (Lipinski definition) is 3. The Bertz CT molecular complexity index is 1420. The molecule has 0 bridgehead atoms. The summed E-state index contributed by atoms with van der Waals surface area (Å²) < 4.78 is 28.0. The van der Waals surface area contributed by atoms with Crippen LogP contribution in [0.25, 0.3) is 10.9 Å². The van der Waals surface area contributed by atoms with Crippen LogP contribution in [0, 0.1) is 12.8 Å². The molecule has 37 heavy (non-hydrogen) atoms. The fourth-order valence-corrected chi connectivity index (χ4v) is 5.73. The van der Waals surface area contributed by atoms with Crippen LogP contribution < -0.4 is 15.4 Å². The summed E-state index contributed by atoms with van der Waals surface area (Å²) in [5.41, 5.74) is 2.90. The first kappa shape index (κ1) is 26.9. The minimum atomic E-state index is -3.48.